The van der Waals surface area contributed by atoms with Crippen molar-refractivity contribution in [1.29, 1.82) is 0 Å². The normalized spacial score (nSPS) is 19.3. The van der Waals surface area contributed by atoms with Crippen molar-refractivity contribution in [3.05, 3.63) is 105 Å². The van der Waals surface area contributed by atoms with Crippen LogP contribution in [0.2, 0.25) is 0 Å². The number of aliphatic imine (C=N–C) groups is 2. The molecule has 31 heteroatoms. The number of aliphatic hydroxyl groups excluding tert-OH is 1. The van der Waals surface area contributed by atoms with Crippen molar-refractivity contribution in [3.8, 4) is 0 Å². The van der Waals surface area contributed by atoms with Gasteiger partial charge in [-0.05, 0) is 135 Å². The van der Waals surface area contributed by atoms with Gasteiger partial charge >= 0.3 is 5.97 Å². The molecule has 10 atom stereocenters. The smallest absolute Gasteiger partial charge is 0.326 e. The van der Waals surface area contributed by atoms with E-state index in [9.17, 15) is 63.0 Å². The third kappa shape index (κ3) is 22.0. The van der Waals surface area contributed by atoms with Gasteiger partial charge < -0.3 is 90.4 Å². The van der Waals surface area contributed by atoms with E-state index in [1.165, 1.54) is 14.7 Å². The number of aliphatic hydroxyl groups is 1. The Kier molecular flexibility index (Phi) is 28.3. The molecule has 4 saturated heterocycles. The van der Waals surface area contributed by atoms with Gasteiger partial charge in [0, 0.05) is 55.6 Å². The first-order chi connectivity index (χ1) is 45.6. The average molecular weight is 1430 g/mol. The van der Waals surface area contributed by atoms with Gasteiger partial charge in [-0.2, -0.15) is 0 Å². The van der Waals surface area contributed by atoms with Gasteiger partial charge in [-0.15, -0.1) is 0 Å². The van der Waals surface area contributed by atoms with Crippen molar-refractivity contribution in [3.63, 3.8) is 0 Å². The highest BCUT2D eigenvalue weighted by molar-refractivity contribution is 14.1. The number of carboxylic acid groups (broad SMARTS) is 1. The maximum Gasteiger partial charge on any atom is 0.326 e. The van der Waals surface area contributed by atoms with Gasteiger partial charge in [0.2, 0.25) is 59.1 Å². The molecule has 3 aromatic carbocycles. The monoisotopic (exact) mass is 1430 g/mol. The summed E-state index contributed by atoms with van der Waals surface area (Å²) in [5.74, 6) is -8.44. The number of amides is 10. The summed E-state index contributed by atoms with van der Waals surface area (Å²) in [6, 6.07) is 13.1. The zero-order valence-corrected chi connectivity index (χ0v) is 55.1. The van der Waals surface area contributed by atoms with Crippen LogP contribution in [-0.4, -0.2) is 215 Å². The fourth-order valence-corrected chi connectivity index (χ4v) is 12.5. The van der Waals surface area contributed by atoms with Crippen LogP contribution < -0.4 is 65.5 Å². The number of carbonyl (C=O) groups excluding carboxylic acids is 10. The fourth-order valence-electron chi connectivity index (χ4n) is 12.2. The number of carboxylic acids is 1. The van der Waals surface area contributed by atoms with Crippen molar-refractivity contribution in [2.24, 2.45) is 32.9 Å². The standard InChI is InChI=1S/C64H88IN17O13/c65-41-25-23-40(24-26-41)35-46(77-53(85)42-17-7-27-70-42)55(87)75-43(18-8-28-71-63(66)67)59(91)82-32-12-22-51(82)61(93)81-31-10-20-49(81)57(89)73-36-52(84)74-45(33-38-13-3-1-4-14-38)54(86)79-48(37-83)60(92)80-30-11-21-50(80)58(90)78-47(34-39-15-5-2-6-16-39)56(88)76-44(62(94)95)19-9-29-72-64(68)69/h1-6,13-16,23-26,42-51,70,83H,7-12,17-22,27-37H2,(H,73,89)(H,74,84)(H,75,87)(H,76,88)(H,77,85)(H,78,90)(H,79,86)(H,94,95)(H4,66,67,71)(H4,68,69,72)/t42-,43-,44-,45-,46?,47-,48-,49+,50+,51+/m0/s1. The van der Waals surface area contributed by atoms with Crippen LogP contribution in [0, 0.1) is 3.57 Å². The summed E-state index contributed by atoms with van der Waals surface area (Å²) in [7, 11) is 0. The summed E-state index contributed by atoms with van der Waals surface area (Å²) in [5, 5.41) is 42.5. The van der Waals surface area contributed by atoms with E-state index in [1.807, 2.05) is 24.3 Å². The predicted molar refractivity (Wildman–Crippen MR) is 358 cm³/mol. The van der Waals surface area contributed by atoms with Crippen molar-refractivity contribution in [2.75, 3.05) is 52.4 Å². The van der Waals surface area contributed by atoms with E-state index in [0.29, 0.717) is 43.4 Å². The predicted octanol–water partition coefficient (Wildman–Crippen LogP) is -2.75. The summed E-state index contributed by atoms with van der Waals surface area (Å²) in [6.07, 6.45) is 3.68. The Morgan fingerprint density at radius 1 is 0.516 bits per heavy atom. The lowest BCUT2D eigenvalue weighted by atomic mass is 10.0. The van der Waals surface area contributed by atoms with E-state index < -0.39 is 133 Å². The fraction of sp³-hybridized carbons (Fsp3) is 0.516. The van der Waals surface area contributed by atoms with Crippen LogP contribution in [0.4, 0.5) is 0 Å². The minimum Gasteiger partial charge on any atom is -0.480 e. The molecule has 30 nitrogen and oxygen atoms in total. The average Bonchev–Trinajstić information content (AvgIpc) is 1.73. The summed E-state index contributed by atoms with van der Waals surface area (Å²) in [6.45, 7) is -0.322. The highest BCUT2D eigenvalue weighted by Gasteiger charge is 2.45. The molecule has 3 aromatic rings. The molecule has 4 aliphatic heterocycles. The molecule has 514 valence electrons. The molecule has 4 heterocycles. The van der Waals surface area contributed by atoms with Gasteiger partial charge in [-0.1, -0.05) is 72.8 Å². The number of likely N-dealkylation sites (tertiary alicyclic amines) is 3. The Hall–Kier alpha value is -8.98. The Labute approximate surface area is 564 Å². The first kappa shape index (κ1) is 73.4. The molecule has 95 heavy (non-hydrogen) atoms. The highest BCUT2D eigenvalue weighted by Crippen LogP contribution is 2.27. The second-order valence-electron chi connectivity index (χ2n) is 24.0. The lowest BCUT2D eigenvalue weighted by molar-refractivity contribution is -0.148. The van der Waals surface area contributed by atoms with Crippen LogP contribution in [0.1, 0.15) is 93.7 Å². The van der Waals surface area contributed by atoms with Gasteiger partial charge in [0.1, 0.15) is 54.4 Å². The maximum atomic E-state index is 14.7. The lowest BCUT2D eigenvalue weighted by Gasteiger charge is -2.33. The molecule has 4 fully saturated rings. The summed E-state index contributed by atoms with van der Waals surface area (Å²) >= 11 is 2.17. The lowest BCUT2D eigenvalue weighted by Crippen LogP contribution is -2.60. The SMILES string of the molecule is NC(N)=NCCC[C@H](NC(=O)[C@H](Cc1ccccc1)NC(=O)[C@H]1CCCN1C(=O)[C@H](CO)NC(=O)[C@H](Cc1ccccc1)NC(=O)CNC(=O)[C@H]1CCCN1C(=O)[C@H]1CCCN1C(=O)[C@H](CCCN=C(N)N)NC(=O)C(Cc1ccc(I)cc1)NC(=O)[C@@H]1CCCN1)C(=O)O. The molecule has 7 rings (SSSR count). The largest absolute Gasteiger partial charge is 0.480 e. The van der Waals surface area contributed by atoms with Crippen LogP contribution in [0.25, 0.3) is 0 Å². The molecular weight excluding hydrogens is 1340 g/mol. The molecule has 0 spiro atoms. The number of benzene rings is 3. The van der Waals surface area contributed by atoms with Crippen molar-refractivity contribution in [2.45, 2.75) is 157 Å². The summed E-state index contributed by atoms with van der Waals surface area (Å²) in [4.78, 5) is 166. The highest BCUT2D eigenvalue weighted by atomic mass is 127. The number of nitrogens with two attached hydrogens (primary N) is 4. The quantitative estimate of drug-likeness (QED) is 0.0127. The summed E-state index contributed by atoms with van der Waals surface area (Å²) in [5.41, 5.74) is 24.0. The van der Waals surface area contributed by atoms with Gasteiger partial charge in [0.25, 0.3) is 0 Å². The number of rotatable bonds is 33. The van der Waals surface area contributed by atoms with Crippen LogP contribution >= 0.6 is 22.6 Å². The molecular formula is C64H88IN17O13. The van der Waals surface area contributed by atoms with Crippen LogP contribution in [0.3, 0.4) is 0 Å². The number of guanidine groups is 2. The van der Waals surface area contributed by atoms with E-state index in [4.69, 9.17) is 22.9 Å². The molecule has 0 bridgehead atoms. The number of carbonyl (C=O) groups is 11. The van der Waals surface area contributed by atoms with Crippen molar-refractivity contribution in [1.82, 2.24) is 57.2 Å². The van der Waals surface area contributed by atoms with Crippen LogP contribution in [0.5, 0.6) is 0 Å². The minimum atomic E-state index is -1.62. The Balaban J connectivity index is 0.981. The molecule has 0 saturated carbocycles. The maximum absolute atomic E-state index is 14.7. The van der Waals surface area contributed by atoms with Gasteiger partial charge in [0.15, 0.2) is 11.9 Å². The number of hydrogen-bond donors (Lipinski definition) is 14. The molecule has 4 aliphatic rings. The van der Waals surface area contributed by atoms with Gasteiger partial charge in [0.05, 0.1) is 19.2 Å². The Morgan fingerprint density at radius 3 is 1.48 bits per heavy atom. The van der Waals surface area contributed by atoms with Crippen LogP contribution in [0.15, 0.2) is 94.9 Å². The van der Waals surface area contributed by atoms with E-state index in [-0.39, 0.29) is 115 Å². The molecule has 0 radical (unpaired) electrons. The third-order valence-corrected chi connectivity index (χ3v) is 17.8. The topological polar surface area (TPSA) is 463 Å². The first-order valence-corrected chi connectivity index (χ1v) is 33.2. The van der Waals surface area contributed by atoms with Gasteiger partial charge in [-0.25, -0.2) is 4.79 Å². The zero-order chi connectivity index (χ0) is 68.6. The van der Waals surface area contributed by atoms with Crippen LogP contribution in [-0.2, 0) is 72.0 Å². The number of nitrogens with zero attached hydrogens (tertiary/aromatic N) is 5. The number of aliphatic carboxylic acids is 1. The number of halogens is 1. The van der Waals surface area contributed by atoms with E-state index in [1.54, 1.807) is 60.7 Å². The molecule has 18 N–H and O–H groups in total. The van der Waals surface area contributed by atoms with Crippen molar-refractivity contribution < 1.29 is 63.0 Å². The zero-order valence-electron chi connectivity index (χ0n) is 52.9. The third-order valence-electron chi connectivity index (χ3n) is 17.1. The Bertz CT molecular complexity index is 3220. The van der Waals surface area contributed by atoms with E-state index in [2.05, 4.69) is 75.1 Å². The first-order valence-electron chi connectivity index (χ1n) is 32.1. The summed E-state index contributed by atoms with van der Waals surface area (Å²) < 4.78 is 0.975. The van der Waals surface area contributed by atoms with Gasteiger partial charge in [-0.3, -0.25) is 57.9 Å². The second kappa shape index (κ2) is 36.6. The minimum absolute atomic E-state index is 0.0290. The molecule has 1 unspecified atom stereocenters. The number of nitrogens with one attached hydrogen (secondary N) is 8. The van der Waals surface area contributed by atoms with Crippen molar-refractivity contribution >= 4 is 99.6 Å². The molecule has 0 aromatic heterocycles. The number of hydrogen-bond acceptors (Lipinski definition) is 15. The molecule has 0 aliphatic carbocycles. The molecule has 10 amide bonds. The van der Waals surface area contributed by atoms with E-state index in [0.717, 1.165) is 15.6 Å². The van der Waals surface area contributed by atoms with E-state index >= 15 is 0 Å². The Morgan fingerprint density at radius 2 is 0.968 bits per heavy atom. The second-order valence-corrected chi connectivity index (χ2v) is 25.2.